The molecule has 1 saturated heterocycles. The molecular weight excluding hydrogens is 204 g/mol. The van der Waals surface area contributed by atoms with Crippen molar-refractivity contribution in [2.75, 3.05) is 45.9 Å². The van der Waals surface area contributed by atoms with Crippen molar-refractivity contribution in [2.45, 2.75) is 20.3 Å². The molecule has 0 aromatic carbocycles. The number of nitrogens with zero attached hydrogens (tertiary/aromatic N) is 2. The summed E-state index contributed by atoms with van der Waals surface area (Å²) in [5.41, 5.74) is 0. The van der Waals surface area contributed by atoms with E-state index in [1.807, 2.05) is 13.8 Å². The highest BCUT2D eigenvalue weighted by atomic mass is 16.3. The standard InChI is InChI=1S/C12H24N2O2/c1-11(2)12(16)10-14-5-3-4-13(6-7-14)8-9-15/h11,15H,3-10H2,1-2H3. The molecule has 0 spiro atoms. The maximum Gasteiger partial charge on any atom is 0.149 e. The third-order valence-electron chi connectivity index (χ3n) is 3.12. The van der Waals surface area contributed by atoms with Crippen LogP contribution in [0.4, 0.5) is 0 Å². The van der Waals surface area contributed by atoms with Crippen LogP contribution >= 0.6 is 0 Å². The number of aliphatic hydroxyl groups is 1. The number of aliphatic hydroxyl groups excluding tert-OH is 1. The fourth-order valence-corrected chi connectivity index (χ4v) is 1.95. The van der Waals surface area contributed by atoms with Gasteiger partial charge in [0.1, 0.15) is 5.78 Å². The van der Waals surface area contributed by atoms with Crippen LogP contribution in [0.5, 0.6) is 0 Å². The first-order valence-electron chi connectivity index (χ1n) is 6.21. The van der Waals surface area contributed by atoms with Gasteiger partial charge in [-0.25, -0.2) is 0 Å². The van der Waals surface area contributed by atoms with Crippen LogP contribution in [0.1, 0.15) is 20.3 Å². The second-order valence-corrected chi connectivity index (χ2v) is 4.82. The molecule has 16 heavy (non-hydrogen) atoms. The minimum atomic E-state index is 0.136. The summed E-state index contributed by atoms with van der Waals surface area (Å²) >= 11 is 0. The SMILES string of the molecule is CC(C)C(=O)CN1CCCN(CCO)CC1. The van der Waals surface area contributed by atoms with Crippen molar-refractivity contribution in [3.05, 3.63) is 0 Å². The number of carbonyl (C=O) groups excluding carboxylic acids is 1. The van der Waals surface area contributed by atoms with Crippen LogP contribution in [0.15, 0.2) is 0 Å². The normalized spacial score (nSPS) is 20.0. The molecule has 0 aromatic heterocycles. The number of hydrogen-bond acceptors (Lipinski definition) is 4. The van der Waals surface area contributed by atoms with Gasteiger partial charge in [-0.1, -0.05) is 13.8 Å². The minimum absolute atomic E-state index is 0.136. The summed E-state index contributed by atoms with van der Waals surface area (Å²) in [6.45, 7) is 9.43. The third kappa shape index (κ3) is 4.60. The molecule has 0 unspecified atom stereocenters. The zero-order valence-electron chi connectivity index (χ0n) is 10.5. The Morgan fingerprint density at radius 1 is 1.19 bits per heavy atom. The monoisotopic (exact) mass is 228 g/mol. The number of β-amino-alcohol motifs (C(OH)–C–C–N with tert-alkyl or cyclic N) is 1. The van der Waals surface area contributed by atoms with Crippen LogP contribution in [0.25, 0.3) is 0 Å². The molecule has 0 amide bonds. The smallest absolute Gasteiger partial charge is 0.149 e. The van der Waals surface area contributed by atoms with Gasteiger partial charge in [-0.3, -0.25) is 14.6 Å². The highest BCUT2D eigenvalue weighted by Crippen LogP contribution is 2.04. The Labute approximate surface area is 98.2 Å². The van der Waals surface area contributed by atoms with Crippen LogP contribution in [-0.4, -0.2) is 66.6 Å². The molecule has 1 aliphatic rings. The number of carbonyl (C=O) groups is 1. The molecular formula is C12H24N2O2. The molecule has 0 aliphatic carbocycles. The molecule has 4 heteroatoms. The molecule has 1 fully saturated rings. The van der Waals surface area contributed by atoms with E-state index in [0.717, 1.165) is 39.1 Å². The first-order chi connectivity index (χ1) is 7.63. The molecule has 0 bridgehead atoms. The van der Waals surface area contributed by atoms with E-state index in [0.29, 0.717) is 12.3 Å². The van der Waals surface area contributed by atoms with E-state index in [1.165, 1.54) is 0 Å². The Kier molecular flexibility index (Phi) is 5.95. The summed E-state index contributed by atoms with van der Waals surface area (Å²) in [7, 11) is 0. The van der Waals surface area contributed by atoms with Crippen molar-refractivity contribution in [2.24, 2.45) is 5.92 Å². The van der Waals surface area contributed by atoms with E-state index in [1.54, 1.807) is 0 Å². The second-order valence-electron chi connectivity index (χ2n) is 4.82. The van der Waals surface area contributed by atoms with E-state index in [-0.39, 0.29) is 12.5 Å². The van der Waals surface area contributed by atoms with E-state index >= 15 is 0 Å². The fraction of sp³-hybridized carbons (Fsp3) is 0.917. The quantitative estimate of drug-likeness (QED) is 0.730. The zero-order valence-corrected chi connectivity index (χ0v) is 10.5. The molecule has 1 heterocycles. The van der Waals surface area contributed by atoms with Crippen molar-refractivity contribution in [3.8, 4) is 0 Å². The summed E-state index contributed by atoms with van der Waals surface area (Å²) < 4.78 is 0. The lowest BCUT2D eigenvalue weighted by Gasteiger charge is -2.21. The van der Waals surface area contributed by atoms with E-state index in [9.17, 15) is 4.79 Å². The second kappa shape index (κ2) is 6.99. The van der Waals surface area contributed by atoms with Crippen molar-refractivity contribution in [1.82, 2.24) is 9.80 Å². The van der Waals surface area contributed by atoms with Gasteiger partial charge in [0.2, 0.25) is 0 Å². The maximum absolute atomic E-state index is 11.6. The lowest BCUT2D eigenvalue weighted by atomic mass is 10.1. The molecule has 0 radical (unpaired) electrons. The summed E-state index contributed by atoms with van der Waals surface area (Å²) in [6.07, 6.45) is 1.09. The van der Waals surface area contributed by atoms with Crippen LogP contribution in [0, 0.1) is 5.92 Å². The third-order valence-corrected chi connectivity index (χ3v) is 3.12. The van der Waals surface area contributed by atoms with Crippen molar-refractivity contribution in [1.29, 1.82) is 0 Å². The Bertz CT molecular complexity index is 219. The molecule has 4 nitrogen and oxygen atoms in total. The van der Waals surface area contributed by atoms with Crippen LogP contribution in [0.3, 0.4) is 0 Å². The van der Waals surface area contributed by atoms with Gasteiger partial charge >= 0.3 is 0 Å². The van der Waals surface area contributed by atoms with Crippen molar-refractivity contribution < 1.29 is 9.90 Å². The van der Waals surface area contributed by atoms with Gasteiger partial charge in [0, 0.05) is 25.6 Å². The average Bonchev–Trinajstić information content (AvgIpc) is 2.44. The van der Waals surface area contributed by atoms with Gasteiger partial charge in [0.15, 0.2) is 0 Å². The number of ketones is 1. The van der Waals surface area contributed by atoms with Gasteiger partial charge < -0.3 is 5.11 Å². The van der Waals surface area contributed by atoms with Gasteiger partial charge in [-0.15, -0.1) is 0 Å². The molecule has 1 aliphatic heterocycles. The summed E-state index contributed by atoms with van der Waals surface area (Å²) in [6, 6.07) is 0. The molecule has 0 atom stereocenters. The van der Waals surface area contributed by atoms with E-state index < -0.39 is 0 Å². The highest BCUT2D eigenvalue weighted by Gasteiger charge is 2.17. The Morgan fingerprint density at radius 2 is 1.81 bits per heavy atom. The van der Waals surface area contributed by atoms with Crippen LogP contribution in [-0.2, 0) is 4.79 Å². The molecule has 0 aromatic rings. The zero-order chi connectivity index (χ0) is 12.0. The molecule has 94 valence electrons. The first kappa shape index (κ1) is 13.6. The maximum atomic E-state index is 11.6. The lowest BCUT2D eigenvalue weighted by Crippen LogP contribution is -2.36. The summed E-state index contributed by atoms with van der Waals surface area (Å²) in [4.78, 5) is 16.1. The Hall–Kier alpha value is -0.450. The molecule has 0 saturated carbocycles. The predicted octanol–water partition coefficient (Wildman–Crippen LogP) is 0.212. The topological polar surface area (TPSA) is 43.8 Å². The molecule has 1 rings (SSSR count). The fourth-order valence-electron chi connectivity index (χ4n) is 1.95. The van der Waals surface area contributed by atoms with Gasteiger partial charge in [0.25, 0.3) is 0 Å². The Morgan fingerprint density at radius 3 is 2.44 bits per heavy atom. The van der Waals surface area contributed by atoms with Crippen LogP contribution in [0.2, 0.25) is 0 Å². The van der Waals surface area contributed by atoms with Gasteiger partial charge in [-0.05, 0) is 19.5 Å². The van der Waals surface area contributed by atoms with Gasteiger partial charge in [-0.2, -0.15) is 0 Å². The average molecular weight is 228 g/mol. The lowest BCUT2D eigenvalue weighted by molar-refractivity contribution is -0.123. The summed E-state index contributed by atoms with van der Waals surface area (Å²) in [5, 5.41) is 8.89. The highest BCUT2D eigenvalue weighted by molar-refractivity contribution is 5.82. The van der Waals surface area contributed by atoms with E-state index in [2.05, 4.69) is 9.80 Å². The largest absolute Gasteiger partial charge is 0.395 e. The van der Waals surface area contributed by atoms with Crippen molar-refractivity contribution in [3.63, 3.8) is 0 Å². The molecule has 1 N–H and O–H groups in total. The van der Waals surface area contributed by atoms with Crippen molar-refractivity contribution >= 4 is 5.78 Å². The minimum Gasteiger partial charge on any atom is -0.395 e. The first-order valence-corrected chi connectivity index (χ1v) is 6.21. The number of Topliss-reactive ketones (excluding diaryl/α,β-unsaturated/α-hetero) is 1. The number of rotatable bonds is 5. The predicted molar refractivity (Wildman–Crippen MR) is 64.4 cm³/mol. The Balaban J connectivity index is 2.32. The summed E-state index contributed by atoms with van der Waals surface area (Å²) in [5.74, 6) is 0.465. The number of hydrogen-bond donors (Lipinski definition) is 1. The van der Waals surface area contributed by atoms with Crippen LogP contribution < -0.4 is 0 Å². The van der Waals surface area contributed by atoms with Gasteiger partial charge in [0.05, 0.1) is 13.2 Å². The van der Waals surface area contributed by atoms with E-state index in [4.69, 9.17) is 5.11 Å².